The predicted octanol–water partition coefficient (Wildman–Crippen LogP) is 1.83. The highest BCUT2D eigenvalue weighted by molar-refractivity contribution is 6.19. The first-order valence-corrected chi connectivity index (χ1v) is 4.83. The Morgan fingerprint density at radius 3 is 1.90 bits per heavy atom. The molecule has 1 rings (SSSR count). The molecule has 0 bridgehead atoms. The maximum absolute atomic E-state index is 2.41. The van der Waals surface area contributed by atoms with E-state index in [1.807, 2.05) is 0 Å². The molecule has 0 amide bonds. The molecule has 1 unspecified atom stereocenters. The zero-order chi connectivity index (χ0) is 7.94. The van der Waals surface area contributed by atoms with Gasteiger partial charge in [0.15, 0.2) is 0 Å². The van der Waals surface area contributed by atoms with Crippen LogP contribution in [-0.2, 0) is 0 Å². The highest BCUT2D eigenvalue weighted by atomic mass is 28.1. The molecular formula is C9H16Si. The summed E-state index contributed by atoms with van der Waals surface area (Å²) in [6.07, 6.45) is 2.41. The van der Waals surface area contributed by atoms with E-state index in [9.17, 15) is 0 Å². The number of hydrogen-bond acceptors (Lipinski definition) is 0. The fourth-order valence-corrected chi connectivity index (χ4v) is 2.34. The van der Waals surface area contributed by atoms with Gasteiger partial charge < -0.3 is 0 Å². The lowest BCUT2D eigenvalue weighted by molar-refractivity contribution is 0.902. The molecule has 1 atom stereocenters. The van der Waals surface area contributed by atoms with Crippen molar-refractivity contribution in [1.82, 2.24) is 0 Å². The summed E-state index contributed by atoms with van der Waals surface area (Å²) < 4.78 is 0. The number of hydrogen-bond donors (Lipinski definition) is 0. The molecule has 0 radical (unpaired) electrons. The zero-order valence-electron chi connectivity index (χ0n) is 7.58. The summed E-state index contributed by atoms with van der Waals surface area (Å²) in [6.45, 7) is 9.02. The smallest absolute Gasteiger partial charge is 0.0202 e. The molecule has 0 spiro atoms. The van der Waals surface area contributed by atoms with Gasteiger partial charge in [0.2, 0.25) is 0 Å². The maximum Gasteiger partial charge on any atom is 0.0202 e. The third kappa shape index (κ3) is 0.987. The number of allylic oxidation sites excluding steroid dienone is 4. The second-order valence-corrected chi connectivity index (χ2v) is 5.88. The summed E-state index contributed by atoms with van der Waals surface area (Å²) in [5, 5.41) is 0.453. The van der Waals surface area contributed by atoms with Crippen molar-refractivity contribution < 1.29 is 0 Å². The van der Waals surface area contributed by atoms with Gasteiger partial charge in [-0.05, 0) is 31.4 Å². The molecule has 0 saturated carbocycles. The van der Waals surface area contributed by atoms with Gasteiger partial charge in [-0.1, -0.05) is 24.1 Å². The fraction of sp³-hybridized carbons (Fsp3) is 0.556. The summed E-state index contributed by atoms with van der Waals surface area (Å²) in [5.41, 5.74) is 4.57. The van der Waals surface area contributed by atoms with Crippen LogP contribution in [0.4, 0.5) is 0 Å². The fourth-order valence-electron chi connectivity index (χ4n) is 1.54. The van der Waals surface area contributed by atoms with Crippen LogP contribution in [0.3, 0.4) is 0 Å². The molecule has 10 heavy (non-hydrogen) atoms. The molecule has 1 aliphatic carbocycles. The molecular weight excluding hydrogens is 136 g/mol. The maximum atomic E-state index is 2.41. The largest absolute Gasteiger partial charge is 0.0751 e. The van der Waals surface area contributed by atoms with Crippen LogP contribution in [-0.4, -0.2) is 10.2 Å². The van der Waals surface area contributed by atoms with E-state index in [0.29, 0.717) is 5.04 Å². The summed E-state index contributed by atoms with van der Waals surface area (Å²) in [4.78, 5) is 0. The van der Waals surface area contributed by atoms with Gasteiger partial charge in [0.25, 0.3) is 0 Å². The van der Waals surface area contributed by atoms with Crippen molar-refractivity contribution in [2.45, 2.75) is 32.7 Å². The van der Waals surface area contributed by atoms with Crippen LogP contribution in [0.25, 0.3) is 0 Å². The summed E-state index contributed by atoms with van der Waals surface area (Å²) in [6, 6.07) is 0. The van der Waals surface area contributed by atoms with Crippen LogP contribution in [0.5, 0.6) is 0 Å². The highest BCUT2D eigenvalue weighted by Gasteiger charge is 2.24. The lowest BCUT2D eigenvalue weighted by Gasteiger charge is -2.17. The van der Waals surface area contributed by atoms with Crippen LogP contribution in [0.15, 0.2) is 22.8 Å². The van der Waals surface area contributed by atoms with E-state index in [-0.39, 0.29) is 0 Å². The second-order valence-electron chi connectivity index (χ2n) is 3.80. The Balaban J connectivity index is 3.12. The number of rotatable bonds is 0. The van der Waals surface area contributed by atoms with E-state index in [1.165, 1.54) is 21.4 Å². The van der Waals surface area contributed by atoms with Gasteiger partial charge in [-0.25, -0.2) is 0 Å². The van der Waals surface area contributed by atoms with Gasteiger partial charge in [0, 0.05) is 10.2 Å². The van der Waals surface area contributed by atoms with Crippen molar-refractivity contribution in [3.8, 4) is 0 Å². The molecule has 0 heterocycles. The average Bonchev–Trinajstić information content (AvgIpc) is 1.95. The van der Waals surface area contributed by atoms with Crippen molar-refractivity contribution >= 4 is 10.2 Å². The quantitative estimate of drug-likeness (QED) is 0.465. The van der Waals surface area contributed by atoms with E-state index >= 15 is 0 Å². The molecule has 0 fully saturated rings. The lowest BCUT2D eigenvalue weighted by atomic mass is 10.0. The van der Waals surface area contributed by atoms with Gasteiger partial charge in [0.05, 0.1) is 0 Å². The van der Waals surface area contributed by atoms with E-state index in [0.717, 1.165) is 0 Å². The Bertz CT molecular complexity index is 219. The van der Waals surface area contributed by atoms with Gasteiger partial charge >= 0.3 is 0 Å². The second kappa shape index (κ2) is 2.09. The molecule has 0 saturated heterocycles. The first-order valence-electron chi connectivity index (χ1n) is 3.83. The van der Waals surface area contributed by atoms with Gasteiger partial charge in [0.1, 0.15) is 0 Å². The Hall–Kier alpha value is -0.303. The van der Waals surface area contributed by atoms with E-state index in [2.05, 4.69) is 33.8 Å². The lowest BCUT2D eigenvalue weighted by Crippen LogP contribution is -2.02. The van der Waals surface area contributed by atoms with Gasteiger partial charge in [-0.2, -0.15) is 0 Å². The Labute approximate surface area is 66.4 Å². The molecule has 1 heteroatoms. The first kappa shape index (κ1) is 7.80. The SMILES string of the molecule is CC1=CC(C)([SiH3])C(C)=C1C. The minimum atomic E-state index is 0.453. The highest BCUT2D eigenvalue weighted by Crippen LogP contribution is 2.43. The summed E-state index contributed by atoms with van der Waals surface area (Å²) in [7, 11) is 1.24. The Morgan fingerprint density at radius 1 is 1.30 bits per heavy atom. The van der Waals surface area contributed by atoms with Crippen molar-refractivity contribution in [1.29, 1.82) is 0 Å². The summed E-state index contributed by atoms with van der Waals surface area (Å²) in [5.74, 6) is 0. The molecule has 56 valence electrons. The van der Waals surface area contributed by atoms with Crippen molar-refractivity contribution in [2.75, 3.05) is 0 Å². The minimum absolute atomic E-state index is 0.453. The topological polar surface area (TPSA) is 0 Å². The molecule has 0 aromatic heterocycles. The van der Waals surface area contributed by atoms with Crippen LogP contribution in [0.1, 0.15) is 27.7 Å². The Kier molecular flexibility index (Phi) is 1.63. The van der Waals surface area contributed by atoms with Crippen molar-refractivity contribution in [2.24, 2.45) is 0 Å². The van der Waals surface area contributed by atoms with Crippen LogP contribution >= 0.6 is 0 Å². The molecule has 0 aliphatic heterocycles. The molecule has 0 N–H and O–H groups in total. The average molecular weight is 152 g/mol. The van der Waals surface area contributed by atoms with Crippen molar-refractivity contribution in [3.05, 3.63) is 22.8 Å². The standard InChI is InChI=1S/C9H16Si/c1-6-5-9(4,10)8(3)7(6)2/h5H,1-4,10H3. The third-order valence-corrected chi connectivity index (χ3v) is 3.74. The molecule has 0 aromatic rings. The van der Waals surface area contributed by atoms with Crippen LogP contribution in [0.2, 0.25) is 5.04 Å². The first-order chi connectivity index (χ1) is 4.45. The normalized spacial score (nSPS) is 33.4. The van der Waals surface area contributed by atoms with E-state index in [4.69, 9.17) is 0 Å². The third-order valence-electron chi connectivity index (χ3n) is 2.70. The zero-order valence-corrected chi connectivity index (χ0v) is 9.58. The molecule has 0 nitrogen and oxygen atoms in total. The summed E-state index contributed by atoms with van der Waals surface area (Å²) >= 11 is 0. The minimum Gasteiger partial charge on any atom is -0.0751 e. The van der Waals surface area contributed by atoms with Crippen LogP contribution < -0.4 is 0 Å². The van der Waals surface area contributed by atoms with E-state index in [1.54, 1.807) is 5.57 Å². The van der Waals surface area contributed by atoms with Gasteiger partial charge in [-0.15, -0.1) is 0 Å². The van der Waals surface area contributed by atoms with Gasteiger partial charge in [-0.3, -0.25) is 0 Å². The monoisotopic (exact) mass is 152 g/mol. The molecule has 1 aliphatic rings. The van der Waals surface area contributed by atoms with E-state index < -0.39 is 0 Å². The molecule has 0 aromatic carbocycles. The Morgan fingerprint density at radius 2 is 1.80 bits per heavy atom. The van der Waals surface area contributed by atoms with Crippen molar-refractivity contribution in [3.63, 3.8) is 0 Å². The predicted molar refractivity (Wildman–Crippen MR) is 50.4 cm³/mol. The van der Waals surface area contributed by atoms with Crippen LogP contribution in [0, 0.1) is 0 Å².